The molecule has 1 aliphatic rings. The number of alkyl halides is 3. The zero-order valence-corrected chi connectivity index (χ0v) is 20.8. The molecule has 4 rings (SSSR count). The van der Waals surface area contributed by atoms with Crippen LogP contribution in [0.1, 0.15) is 49.1 Å². The van der Waals surface area contributed by atoms with E-state index >= 15 is 0 Å². The molecule has 0 radical (unpaired) electrons. The molecule has 2 N–H and O–H groups in total. The number of benzene rings is 3. The first-order valence-corrected chi connectivity index (χ1v) is 12.3. The highest BCUT2D eigenvalue weighted by molar-refractivity contribution is 6.33. The highest BCUT2D eigenvalue weighted by Crippen LogP contribution is 2.46. The third-order valence-electron chi connectivity index (χ3n) is 6.75. The molecule has 36 heavy (non-hydrogen) atoms. The number of fused-ring (bicyclic) bond motifs is 1. The molecule has 0 aliphatic heterocycles. The summed E-state index contributed by atoms with van der Waals surface area (Å²) in [5, 5.41) is 13.9. The minimum Gasteiger partial charge on any atom is -0.481 e. The van der Waals surface area contributed by atoms with Gasteiger partial charge in [0.25, 0.3) is 0 Å². The Hall–Kier alpha value is -2.77. The minimum atomic E-state index is -4.62. The van der Waals surface area contributed by atoms with E-state index in [1.807, 2.05) is 0 Å². The van der Waals surface area contributed by atoms with E-state index in [4.69, 9.17) is 23.2 Å². The number of nitrogens with one attached hydrogen (secondary N) is 1. The molecule has 0 saturated heterocycles. The highest BCUT2D eigenvalue weighted by Gasteiger charge is 2.45. The second-order valence-corrected chi connectivity index (χ2v) is 10.2. The Kier molecular flexibility index (Phi) is 7.53. The number of carbonyl (C=O) groups excluding carboxylic acids is 1. The number of rotatable bonds is 8. The topological polar surface area (TPSA) is 66.4 Å². The second kappa shape index (κ2) is 10.3. The SMILES string of the molecule is C[C@H](C(C(=O)Nc1cc([C@@H](CC(=O)O)C2CC2)ccc1Cl)c1ccc2cc(Cl)ccc2c1)C(F)(F)F. The van der Waals surface area contributed by atoms with Crippen molar-refractivity contribution in [1.82, 2.24) is 0 Å². The second-order valence-electron chi connectivity index (χ2n) is 9.33. The van der Waals surface area contributed by atoms with Crippen molar-refractivity contribution in [3.05, 3.63) is 75.8 Å². The lowest BCUT2D eigenvalue weighted by atomic mass is 9.84. The lowest BCUT2D eigenvalue weighted by molar-refractivity contribution is -0.178. The Balaban J connectivity index is 1.68. The molecule has 3 atom stereocenters. The van der Waals surface area contributed by atoms with Gasteiger partial charge in [-0.3, -0.25) is 9.59 Å². The predicted molar refractivity (Wildman–Crippen MR) is 135 cm³/mol. The molecule has 3 aromatic rings. The molecule has 0 aromatic heterocycles. The maximum atomic E-state index is 13.8. The monoisotopic (exact) mass is 537 g/mol. The quantitative estimate of drug-likeness (QED) is 0.305. The average molecular weight is 538 g/mol. The number of aliphatic carboxylic acids is 1. The predicted octanol–water partition coefficient (Wildman–Crippen LogP) is 8.04. The van der Waals surface area contributed by atoms with Crippen molar-refractivity contribution in [3.63, 3.8) is 0 Å². The summed E-state index contributed by atoms with van der Waals surface area (Å²) in [6.45, 7) is 0.977. The van der Waals surface area contributed by atoms with Crippen molar-refractivity contribution >= 4 is 51.5 Å². The maximum absolute atomic E-state index is 13.8. The molecule has 1 saturated carbocycles. The Bertz CT molecular complexity index is 1310. The van der Waals surface area contributed by atoms with Crippen LogP contribution in [0.2, 0.25) is 10.0 Å². The van der Waals surface area contributed by atoms with Crippen molar-refractivity contribution in [2.45, 2.75) is 44.2 Å². The number of hydrogen-bond acceptors (Lipinski definition) is 2. The van der Waals surface area contributed by atoms with Crippen molar-refractivity contribution in [3.8, 4) is 0 Å². The van der Waals surface area contributed by atoms with Gasteiger partial charge >= 0.3 is 12.1 Å². The van der Waals surface area contributed by atoms with Gasteiger partial charge in [-0.15, -0.1) is 0 Å². The minimum absolute atomic E-state index is 0.0749. The van der Waals surface area contributed by atoms with Crippen LogP contribution in [0.25, 0.3) is 10.8 Å². The first-order chi connectivity index (χ1) is 16.9. The first kappa shape index (κ1) is 26.3. The highest BCUT2D eigenvalue weighted by atomic mass is 35.5. The van der Waals surface area contributed by atoms with E-state index in [1.54, 1.807) is 42.5 Å². The summed E-state index contributed by atoms with van der Waals surface area (Å²) in [7, 11) is 0. The molecular formula is C27H24Cl2F3NO3. The van der Waals surface area contributed by atoms with Gasteiger partial charge in [0.15, 0.2) is 0 Å². The number of carboxylic acid groups (broad SMARTS) is 1. The molecule has 1 amide bonds. The molecule has 0 spiro atoms. The van der Waals surface area contributed by atoms with Crippen LogP contribution in [0.5, 0.6) is 0 Å². The summed E-state index contributed by atoms with van der Waals surface area (Å²) in [6, 6.07) is 14.5. The zero-order chi connectivity index (χ0) is 26.2. The van der Waals surface area contributed by atoms with Gasteiger partial charge < -0.3 is 10.4 Å². The van der Waals surface area contributed by atoms with Crippen LogP contribution >= 0.6 is 23.2 Å². The van der Waals surface area contributed by atoms with Crippen LogP contribution in [0, 0.1) is 11.8 Å². The maximum Gasteiger partial charge on any atom is 0.392 e. The third kappa shape index (κ3) is 5.95. The van der Waals surface area contributed by atoms with Gasteiger partial charge in [0, 0.05) is 5.02 Å². The number of carboxylic acids is 1. The number of anilines is 1. The smallest absolute Gasteiger partial charge is 0.392 e. The van der Waals surface area contributed by atoms with E-state index in [0.29, 0.717) is 16.0 Å². The van der Waals surface area contributed by atoms with E-state index in [0.717, 1.165) is 25.2 Å². The molecule has 1 unspecified atom stereocenters. The van der Waals surface area contributed by atoms with Crippen molar-refractivity contribution in [2.24, 2.45) is 11.8 Å². The summed E-state index contributed by atoms with van der Waals surface area (Å²) in [6.07, 6.45) is -2.89. The lowest BCUT2D eigenvalue weighted by Crippen LogP contribution is -2.34. The fraction of sp³-hybridized carbons (Fsp3) is 0.333. The lowest BCUT2D eigenvalue weighted by Gasteiger charge is -2.26. The summed E-state index contributed by atoms with van der Waals surface area (Å²) in [5.74, 6) is -5.35. The van der Waals surface area contributed by atoms with Gasteiger partial charge in [0.2, 0.25) is 5.91 Å². The van der Waals surface area contributed by atoms with Crippen molar-refractivity contribution < 1.29 is 27.9 Å². The Morgan fingerprint density at radius 2 is 1.64 bits per heavy atom. The molecule has 1 fully saturated rings. The van der Waals surface area contributed by atoms with Gasteiger partial charge in [-0.05, 0) is 70.8 Å². The van der Waals surface area contributed by atoms with E-state index in [-0.39, 0.29) is 34.5 Å². The first-order valence-electron chi connectivity index (χ1n) is 11.5. The number of hydrogen-bond donors (Lipinski definition) is 2. The van der Waals surface area contributed by atoms with Gasteiger partial charge in [-0.2, -0.15) is 13.2 Å². The normalized spacial score (nSPS) is 16.4. The molecule has 0 heterocycles. The van der Waals surface area contributed by atoms with Crippen LogP contribution in [0.3, 0.4) is 0 Å². The molecule has 190 valence electrons. The number of halogens is 5. The van der Waals surface area contributed by atoms with Crippen molar-refractivity contribution in [2.75, 3.05) is 5.32 Å². The van der Waals surface area contributed by atoms with E-state index < -0.39 is 29.9 Å². The standard InChI is InChI=1S/C27H24Cl2F3NO3/c1-14(27(30,31)32)25(19-5-4-17-11-20(28)8-6-16(17)10-19)26(36)33-23-12-18(7-9-22(23)29)21(13-24(34)35)15-2-3-15/h4-12,14-15,21,25H,2-3,13H2,1H3,(H,33,36)(H,34,35)/t14-,21+,25?/m1/s1. The van der Waals surface area contributed by atoms with E-state index in [2.05, 4.69) is 5.32 Å². The van der Waals surface area contributed by atoms with E-state index in [1.165, 1.54) is 12.1 Å². The number of carbonyl (C=O) groups is 2. The van der Waals surface area contributed by atoms with Crippen LogP contribution in [-0.2, 0) is 9.59 Å². The molecule has 9 heteroatoms. The van der Waals surface area contributed by atoms with Crippen LogP contribution in [0.15, 0.2) is 54.6 Å². The molecule has 4 nitrogen and oxygen atoms in total. The van der Waals surface area contributed by atoms with E-state index in [9.17, 15) is 27.9 Å². The fourth-order valence-corrected chi connectivity index (χ4v) is 4.95. The van der Waals surface area contributed by atoms with Gasteiger partial charge in [0.1, 0.15) is 0 Å². The summed E-state index contributed by atoms with van der Waals surface area (Å²) >= 11 is 12.3. The van der Waals surface area contributed by atoms with Gasteiger partial charge in [-0.25, -0.2) is 0 Å². The summed E-state index contributed by atoms with van der Waals surface area (Å²) < 4.78 is 41.5. The van der Waals surface area contributed by atoms with Gasteiger partial charge in [0.05, 0.1) is 29.0 Å². The zero-order valence-electron chi connectivity index (χ0n) is 19.3. The Morgan fingerprint density at radius 3 is 2.28 bits per heavy atom. The molecular weight excluding hydrogens is 514 g/mol. The number of amides is 1. The summed E-state index contributed by atoms with van der Waals surface area (Å²) in [5.41, 5.74) is 1.05. The third-order valence-corrected chi connectivity index (χ3v) is 7.31. The van der Waals surface area contributed by atoms with Crippen LogP contribution in [-0.4, -0.2) is 23.2 Å². The van der Waals surface area contributed by atoms with Crippen LogP contribution in [0.4, 0.5) is 18.9 Å². The molecule has 0 bridgehead atoms. The summed E-state index contributed by atoms with van der Waals surface area (Å²) in [4.78, 5) is 24.7. The largest absolute Gasteiger partial charge is 0.481 e. The van der Waals surface area contributed by atoms with Crippen molar-refractivity contribution in [1.29, 1.82) is 0 Å². The molecule has 1 aliphatic carbocycles. The van der Waals surface area contributed by atoms with Gasteiger partial charge in [-0.1, -0.05) is 60.5 Å². The Labute approximate surface area is 216 Å². The van der Waals surface area contributed by atoms with Crippen LogP contribution < -0.4 is 5.32 Å². The average Bonchev–Trinajstić information content (AvgIpc) is 3.64. The molecule has 3 aromatic carbocycles. The Morgan fingerprint density at radius 1 is 1.00 bits per heavy atom. The fourth-order valence-electron chi connectivity index (χ4n) is 4.61.